The van der Waals surface area contributed by atoms with E-state index in [1.807, 2.05) is 6.92 Å². The smallest absolute Gasteiger partial charge is 0.330 e. The zero-order chi connectivity index (χ0) is 18.6. The zero-order valence-electron chi connectivity index (χ0n) is 14.6. The van der Waals surface area contributed by atoms with Gasteiger partial charge in [0.15, 0.2) is 0 Å². The summed E-state index contributed by atoms with van der Waals surface area (Å²) in [4.78, 5) is 22.2. The van der Waals surface area contributed by atoms with Crippen molar-refractivity contribution in [3.63, 3.8) is 0 Å². The normalized spacial score (nSPS) is 15.6. The monoisotopic (exact) mass is 362 g/mol. The Morgan fingerprint density at radius 1 is 1.00 bits per heavy atom. The van der Waals surface area contributed by atoms with Gasteiger partial charge in [-0.25, -0.2) is 9.59 Å². The summed E-state index contributed by atoms with van der Waals surface area (Å²) in [6.45, 7) is 11.6. The Morgan fingerprint density at radius 3 is 1.75 bits per heavy atom. The topological polar surface area (TPSA) is 88.1 Å². The standard InChI is InChI=1S/C16H27O7P/c1-6-9-10-24(19,20-11-13(4)22-15(17)7-2)21-12-14(5)23-16(18)8-3/h7-8,13-14H,2-3,6,9-12H2,1,4-5H3. The van der Waals surface area contributed by atoms with E-state index in [9.17, 15) is 14.2 Å². The Labute approximate surface area is 143 Å². The lowest BCUT2D eigenvalue weighted by atomic mass is 10.4. The van der Waals surface area contributed by atoms with Crippen molar-refractivity contribution in [1.29, 1.82) is 0 Å². The summed E-state index contributed by atoms with van der Waals surface area (Å²) < 4.78 is 33.4. The molecule has 0 aromatic carbocycles. The molecule has 0 aromatic rings. The second-order valence-electron chi connectivity index (χ2n) is 5.18. The van der Waals surface area contributed by atoms with Crippen LogP contribution in [-0.4, -0.2) is 43.5 Å². The Bertz CT molecular complexity index is 439. The molecule has 138 valence electrons. The van der Waals surface area contributed by atoms with Crippen LogP contribution >= 0.6 is 7.60 Å². The lowest BCUT2D eigenvalue weighted by molar-refractivity contribution is -0.143. The summed E-state index contributed by atoms with van der Waals surface area (Å²) in [7, 11) is -3.38. The first-order valence-corrected chi connectivity index (χ1v) is 9.53. The molecule has 0 spiro atoms. The number of hydrogen-bond donors (Lipinski definition) is 0. The van der Waals surface area contributed by atoms with Crippen molar-refractivity contribution in [2.45, 2.75) is 45.8 Å². The molecule has 0 rings (SSSR count). The quantitative estimate of drug-likeness (QED) is 0.282. The van der Waals surface area contributed by atoms with Crippen molar-refractivity contribution in [2.75, 3.05) is 19.4 Å². The van der Waals surface area contributed by atoms with E-state index in [4.69, 9.17) is 18.5 Å². The fourth-order valence-electron chi connectivity index (χ4n) is 1.52. The van der Waals surface area contributed by atoms with Gasteiger partial charge in [-0.15, -0.1) is 0 Å². The van der Waals surface area contributed by atoms with Crippen LogP contribution in [0.15, 0.2) is 25.3 Å². The highest BCUT2D eigenvalue weighted by molar-refractivity contribution is 7.53. The molecule has 0 heterocycles. The van der Waals surface area contributed by atoms with Crippen LogP contribution < -0.4 is 0 Å². The van der Waals surface area contributed by atoms with Crippen LogP contribution in [0, 0.1) is 0 Å². The number of rotatable bonds is 13. The third-order valence-electron chi connectivity index (χ3n) is 2.77. The van der Waals surface area contributed by atoms with Crippen LogP contribution in [0.4, 0.5) is 0 Å². The van der Waals surface area contributed by atoms with Crippen molar-refractivity contribution < 1.29 is 32.7 Å². The van der Waals surface area contributed by atoms with Gasteiger partial charge in [-0.05, 0) is 20.3 Å². The van der Waals surface area contributed by atoms with Crippen LogP contribution in [0.25, 0.3) is 0 Å². The van der Waals surface area contributed by atoms with E-state index in [1.54, 1.807) is 13.8 Å². The Hall–Kier alpha value is -1.43. The maximum absolute atomic E-state index is 12.7. The number of carbonyl (C=O) groups excluding carboxylic acids is 2. The molecular formula is C16H27O7P. The highest BCUT2D eigenvalue weighted by Gasteiger charge is 2.27. The van der Waals surface area contributed by atoms with E-state index in [0.29, 0.717) is 6.42 Å². The Balaban J connectivity index is 4.56. The highest BCUT2D eigenvalue weighted by atomic mass is 31.2. The predicted molar refractivity (Wildman–Crippen MR) is 90.8 cm³/mol. The molecule has 0 N–H and O–H groups in total. The maximum Gasteiger partial charge on any atom is 0.330 e. The second kappa shape index (κ2) is 12.0. The third kappa shape index (κ3) is 10.4. The minimum atomic E-state index is -3.38. The first kappa shape index (κ1) is 22.6. The number of hydrogen-bond acceptors (Lipinski definition) is 7. The molecule has 0 amide bonds. The Kier molecular flexibility index (Phi) is 11.3. The van der Waals surface area contributed by atoms with Crippen molar-refractivity contribution in [2.24, 2.45) is 0 Å². The van der Waals surface area contributed by atoms with Gasteiger partial charge in [-0.1, -0.05) is 26.5 Å². The molecule has 0 fully saturated rings. The van der Waals surface area contributed by atoms with Gasteiger partial charge in [-0.2, -0.15) is 0 Å². The molecule has 0 aliphatic carbocycles. The minimum Gasteiger partial charge on any atom is -0.457 e. The van der Waals surface area contributed by atoms with Crippen LogP contribution in [0.5, 0.6) is 0 Å². The summed E-state index contributed by atoms with van der Waals surface area (Å²) in [5.74, 6) is -1.17. The van der Waals surface area contributed by atoms with Crippen LogP contribution in [0.3, 0.4) is 0 Å². The van der Waals surface area contributed by atoms with Crippen molar-refractivity contribution in [1.82, 2.24) is 0 Å². The van der Waals surface area contributed by atoms with E-state index in [1.165, 1.54) is 0 Å². The lowest BCUT2D eigenvalue weighted by Crippen LogP contribution is -2.21. The molecule has 0 saturated carbocycles. The molecule has 2 atom stereocenters. The van der Waals surface area contributed by atoms with Gasteiger partial charge in [0, 0.05) is 12.2 Å². The summed E-state index contributed by atoms with van der Waals surface area (Å²) >= 11 is 0. The number of carbonyl (C=O) groups is 2. The number of ether oxygens (including phenoxy) is 2. The van der Waals surface area contributed by atoms with Gasteiger partial charge in [0.1, 0.15) is 12.2 Å². The van der Waals surface area contributed by atoms with Crippen molar-refractivity contribution in [3.05, 3.63) is 25.3 Å². The fourth-order valence-corrected chi connectivity index (χ4v) is 3.43. The van der Waals surface area contributed by atoms with Gasteiger partial charge < -0.3 is 18.5 Å². The van der Waals surface area contributed by atoms with E-state index in [-0.39, 0.29) is 19.4 Å². The summed E-state index contributed by atoms with van der Waals surface area (Å²) in [5.41, 5.74) is 0. The molecule has 0 bridgehead atoms. The molecule has 2 unspecified atom stereocenters. The third-order valence-corrected chi connectivity index (χ3v) is 4.71. The SMILES string of the molecule is C=CC(=O)OC(C)COP(=O)(CCCC)OCC(C)OC(=O)C=C. The molecule has 0 aliphatic rings. The van der Waals surface area contributed by atoms with Crippen molar-refractivity contribution in [3.8, 4) is 0 Å². The van der Waals surface area contributed by atoms with Gasteiger partial charge in [0.2, 0.25) is 0 Å². The molecule has 8 heteroatoms. The molecule has 0 saturated heterocycles. The minimum absolute atomic E-state index is 0.0681. The molecule has 0 aromatic heterocycles. The van der Waals surface area contributed by atoms with Crippen LogP contribution in [-0.2, 0) is 32.7 Å². The summed E-state index contributed by atoms with van der Waals surface area (Å²) in [6.07, 6.45) is 2.60. The van der Waals surface area contributed by atoms with Crippen LogP contribution in [0.2, 0.25) is 0 Å². The van der Waals surface area contributed by atoms with E-state index < -0.39 is 31.7 Å². The largest absolute Gasteiger partial charge is 0.457 e. The van der Waals surface area contributed by atoms with E-state index in [2.05, 4.69) is 13.2 Å². The van der Waals surface area contributed by atoms with Crippen LogP contribution in [0.1, 0.15) is 33.6 Å². The molecular weight excluding hydrogens is 335 g/mol. The molecule has 0 radical (unpaired) electrons. The van der Waals surface area contributed by atoms with E-state index in [0.717, 1.165) is 18.6 Å². The van der Waals surface area contributed by atoms with E-state index >= 15 is 0 Å². The van der Waals surface area contributed by atoms with Gasteiger partial charge in [0.05, 0.1) is 19.4 Å². The summed E-state index contributed by atoms with van der Waals surface area (Å²) in [5, 5.41) is 0. The zero-order valence-corrected chi connectivity index (χ0v) is 15.5. The molecule has 7 nitrogen and oxygen atoms in total. The maximum atomic E-state index is 12.7. The molecule has 0 aliphatic heterocycles. The lowest BCUT2D eigenvalue weighted by Gasteiger charge is -2.22. The average Bonchev–Trinajstić information content (AvgIpc) is 2.56. The Morgan fingerprint density at radius 2 is 1.42 bits per heavy atom. The fraction of sp³-hybridized carbons (Fsp3) is 0.625. The van der Waals surface area contributed by atoms with Gasteiger partial charge in [-0.3, -0.25) is 4.57 Å². The summed E-state index contributed by atoms with van der Waals surface area (Å²) in [6, 6.07) is 0. The first-order chi connectivity index (χ1) is 11.3. The van der Waals surface area contributed by atoms with Gasteiger partial charge in [0.25, 0.3) is 0 Å². The predicted octanol–water partition coefficient (Wildman–Crippen LogP) is 3.25. The second-order valence-corrected chi connectivity index (χ2v) is 7.37. The van der Waals surface area contributed by atoms with Gasteiger partial charge >= 0.3 is 19.5 Å². The number of esters is 2. The number of unbranched alkanes of at least 4 members (excludes halogenated alkanes) is 1. The first-order valence-electron chi connectivity index (χ1n) is 7.80. The highest BCUT2D eigenvalue weighted by Crippen LogP contribution is 2.49. The average molecular weight is 362 g/mol. The molecule has 24 heavy (non-hydrogen) atoms. The van der Waals surface area contributed by atoms with Crippen molar-refractivity contribution >= 4 is 19.5 Å².